The summed E-state index contributed by atoms with van der Waals surface area (Å²) in [5.41, 5.74) is 0. The minimum absolute atomic E-state index is 0.104. The molecule has 0 amide bonds. The third kappa shape index (κ3) is 58.8. The first-order valence-corrected chi connectivity index (χ1v) is 36.6. The van der Waals surface area contributed by atoms with E-state index in [-0.39, 0.29) is 25.7 Å². The van der Waals surface area contributed by atoms with E-state index >= 15 is 0 Å². The third-order valence-corrected chi connectivity index (χ3v) is 16.7. The van der Waals surface area contributed by atoms with Gasteiger partial charge in [0.1, 0.15) is 19.3 Å². The van der Waals surface area contributed by atoms with Crippen LogP contribution in [0.25, 0.3) is 0 Å². The van der Waals surface area contributed by atoms with E-state index in [1.54, 1.807) is 0 Å². The lowest BCUT2D eigenvalue weighted by molar-refractivity contribution is -0.161. The van der Waals surface area contributed by atoms with Gasteiger partial charge < -0.3 is 33.8 Å². The normalized spacial score (nSPS) is 14.2. The fourth-order valence-corrected chi connectivity index (χ4v) is 11.2. The highest BCUT2D eigenvalue weighted by atomic mass is 31.2. The number of phosphoric ester groups is 2. The van der Waals surface area contributed by atoms with Crippen LogP contribution in [0.2, 0.25) is 0 Å². The summed E-state index contributed by atoms with van der Waals surface area (Å²) < 4.78 is 67.8. The maximum Gasteiger partial charge on any atom is 0.472 e. The zero-order valence-electron chi connectivity index (χ0n) is 53.3. The molecule has 0 radical (unpaired) electrons. The number of unbranched alkanes of at least 4 members (excludes halogenated alkanes) is 36. The summed E-state index contributed by atoms with van der Waals surface area (Å²) in [6.45, 7) is 7.04. The van der Waals surface area contributed by atoms with Gasteiger partial charge in [-0.2, -0.15) is 0 Å². The Labute approximate surface area is 505 Å². The van der Waals surface area contributed by atoms with E-state index in [9.17, 15) is 43.2 Å². The van der Waals surface area contributed by atoms with Crippen LogP contribution in [0.15, 0.2) is 0 Å². The highest BCUT2D eigenvalue weighted by Crippen LogP contribution is 2.45. The van der Waals surface area contributed by atoms with E-state index < -0.39 is 97.5 Å². The predicted molar refractivity (Wildman–Crippen MR) is 331 cm³/mol. The Balaban J connectivity index is 5.11. The average molecular weight is 1230 g/mol. The molecule has 83 heavy (non-hydrogen) atoms. The van der Waals surface area contributed by atoms with Crippen molar-refractivity contribution in [1.29, 1.82) is 0 Å². The zero-order chi connectivity index (χ0) is 61.3. The predicted octanol–water partition coefficient (Wildman–Crippen LogP) is 17.8. The number of hydrogen-bond acceptors (Lipinski definition) is 15. The minimum Gasteiger partial charge on any atom is -0.462 e. The Morgan fingerprint density at radius 2 is 0.554 bits per heavy atom. The van der Waals surface area contributed by atoms with Crippen LogP contribution >= 0.6 is 15.6 Å². The van der Waals surface area contributed by atoms with Crippen molar-refractivity contribution in [3.05, 3.63) is 0 Å². The number of rotatable bonds is 64. The fourth-order valence-electron chi connectivity index (χ4n) is 9.58. The van der Waals surface area contributed by atoms with Crippen molar-refractivity contribution >= 4 is 39.5 Å². The number of carbonyl (C=O) groups is 4. The first-order chi connectivity index (χ1) is 40.0. The van der Waals surface area contributed by atoms with Crippen molar-refractivity contribution in [2.45, 2.75) is 342 Å². The first-order valence-electron chi connectivity index (χ1n) is 33.6. The number of esters is 4. The fraction of sp³-hybridized carbons (Fsp3) is 0.938. The van der Waals surface area contributed by atoms with Crippen LogP contribution in [0.1, 0.15) is 324 Å². The van der Waals surface area contributed by atoms with Gasteiger partial charge in [-0.15, -0.1) is 0 Å². The number of ether oxygens (including phenoxy) is 4. The molecule has 5 atom stereocenters. The van der Waals surface area contributed by atoms with Gasteiger partial charge in [0.15, 0.2) is 12.2 Å². The lowest BCUT2D eigenvalue weighted by Gasteiger charge is -2.21. The number of hydrogen-bond donors (Lipinski definition) is 3. The van der Waals surface area contributed by atoms with Gasteiger partial charge in [-0.1, -0.05) is 272 Å². The van der Waals surface area contributed by atoms with Gasteiger partial charge in [0.2, 0.25) is 0 Å². The van der Waals surface area contributed by atoms with E-state index in [2.05, 4.69) is 34.6 Å². The lowest BCUT2D eigenvalue weighted by atomic mass is 10.0. The van der Waals surface area contributed by atoms with E-state index in [4.69, 9.17) is 37.0 Å². The highest BCUT2D eigenvalue weighted by Gasteiger charge is 2.30. The Kier molecular flexibility index (Phi) is 56.4. The quantitative estimate of drug-likeness (QED) is 0.0222. The molecule has 0 aromatic carbocycles. The second-order valence-corrected chi connectivity index (χ2v) is 26.5. The minimum atomic E-state index is -4.94. The molecule has 17 nitrogen and oxygen atoms in total. The molecule has 492 valence electrons. The van der Waals surface area contributed by atoms with Crippen molar-refractivity contribution < 1.29 is 80.2 Å². The maximum atomic E-state index is 13.0. The van der Waals surface area contributed by atoms with Gasteiger partial charge >= 0.3 is 39.5 Å². The molecule has 0 fully saturated rings. The largest absolute Gasteiger partial charge is 0.472 e. The molecule has 0 aliphatic rings. The van der Waals surface area contributed by atoms with Crippen molar-refractivity contribution in [3.8, 4) is 0 Å². The van der Waals surface area contributed by atoms with Gasteiger partial charge in [0.25, 0.3) is 0 Å². The summed E-state index contributed by atoms with van der Waals surface area (Å²) in [7, 11) is -9.88. The second kappa shape index (κ2) is 57.8. The second-order valence-electron chi connectivity index (χ2n) is 23.6. The van der Waals surface area contributed by atoms with Crippen LogP contribution in [0, 0.1) is 5.92 Å². The molecule has 0 aliphatic carbocycles. The molecular weight excluding hydrogens is 1100 g/mol. The number of phosphoric acid groups is 2. The van der Waals surface area contributed by atoms with Crippen molar-refractivity contribution in [3.63, 3.8) is 0 Å². The molecule has 0 rings (SSSR count). The Hall–Kier alpha value is -1.94. The van der Waals surface area contributed by atoms with Crippen LogP contribution in [0.5, 0.6) is 0 Å². The summed E-state index contributed by atoms with van der Waals surface area (Å²) in [4.78, 5) is 71.9. The molecule has 0 aromatic rings. The Morgan fingerprint density at radius 3 is 0.819 bits per heavy atom. The van der Waals surface area contributed by atoms with Gasteiger partial charge in [0.05, 0.1) is 26.4 Å². The lowest BCUT2D eigenvalue weighted by Crippen LogP contribution is -2.30. The van der Waals surface area contributed by atoms with Crippen molar-refractivity contribution in [1.82, 2.24) is 0 Å². The van der Waals surface area contributed by atoms with Crippen LogP contribution in [0.3, 0.4) is 0 Å². The van der Waals surface area contributed by atoms with Crippen LogP contribution < -0.4 is 0 Å². The first kappa shape index (κ1) is 81.1. The van der Waals surface area contributed by atoms with E-state index in [1.807, 2.05) is 0 Å². The molecule has 0 heterocycles. The SMILES string of the molecule is CCCCCCCCCCCCCCCCCCCCCC(=O)O[C@H](COC(=O)CCCCCCCCC(C)C)COP(=O)(O)OC[C@@H](O)COP(=O)(O)OC[C@@H](COC(=O)CCCCCCCCC)OC(=O)CCCCCCCCCC. The third-order valence-electron chi connectivity index (χ3n) is 14.8. The molecule has 0 saturated heterocycles. The molecule has 3 N–H and O–H groups in total. The topological polar surface area (TPSA) is 237 Å². The van der Waals surface area contributed by atoms with E-state index in [0.29, 0.717) is 31.6 Å². The average Bonchev–Trinajstić information content (AvgIpc) is 3.45. The van der Waals surface area contributed by atoms with E-state index in [0.717, 1.165) is 116 Å². The molecule has 2 unspecified atom stereocenters. The molecule has 0 spiro atoms. The summed E-state index contributed by atoms with van der Waals surface area (Å²) in [5, 5.41) is 10.5. The van der Waals surface area contributed by atoms with Gasteiger partial charge in [-0.25, -0.2) is 9.13 Å². The monoisotopic (exact) mass is 1230 g/mol. The van der Waals surface area contributed by atoms with Crippen LogP contribution in [0.4, 0.5) is 0 Å². The standard InChI is InChI=1S/C64H124O17P2/c1-6-9-12-15-18-20-21-22-23-24-25-26-27-28-29-30-33-40-45-50-64(69)81-60(54-75-62(67)48-43-38-35-34-36-41-46-57(4)5)56-79-83(72,73)77-52-58(65)51-76-82(70,71)78-55-59(53-74-61(66)47-42-37-31-17-14-11-8-3)80-63(68)49-44-39-32-19-16-13-10-7-2/h57-60,65H,6-56H2,1-5H3,(H,70,71)(H,72,73)/t58-,59+,60+/m0/s1. The molecule has 0 aromatic heterocycles. The smallest absolute Gasteiger partial charge is 0.462 e. The summed E-state index contributed by atoms with van der Waals surface area (Å²) in [6, 6.07) is 0. The zero-order valence-corrected chi connectivity index (χ0v) is 55.1. The summed E-state index contributed by atoms with van der Waals surface area (Å²) >= 11 is 0. The van der Waals surface area contributed by atoms with Gasteiger partial charge in [-0.05, 0) is 31.6 Å². The highest BCUT2D eigenvalue weighted by molar-refractivity contribution is 7.47. The molecule has 0 bridgehead atoms. The van der Waals surface area contributed by atoms with Crippen LogP contribution in [-0.4, -0.2) is 96.7 Å². The number of aliphatic hydroxyl groups excluding tert-OH is 1. The van der Waals surface area contributed by atoms with Gasteiger partial charge in [-0.3, -0.25) is 37.3 Å². The van der Waals surface area contributed by atoms with Crippen molar-refractivity contribution in [2.24, 2.45) is 5.92 Å². The number of carbonyl (C=O) groups excluding carboxylic acids is 4. The maximum absolute atomic E-state index is 13.0. The summed E-state index contributed by atoms with van der Waals surface area (Å²) in [5.74, 6) is -1.46. The van der Waals surface area contributed by atoms with Crippen molar-refractivity contribution in [2.75, 3.05) is 39.6 Å². The molecular formula is C64H124O17P2. The number of aliphatic hydroxyl groups is 1. The summed E-state index contributed by atoms with van der Waals surface area (Å²) in [6.07, 6.45) is 42.2. The van der Waals surface area contributed by atoms with Gasteiger partial charge in [0, 0.05) is 25.7 Å². The molecule has 0 aliphatic heterocycles. The molecule has 0 saturated carbocycles. The molecule has 19 heteroatoms. The van der Waals surface area contributed by atoms with Crippen LogP contribution in [-0.2, 0) is 65.4 Å². The Bertz CT molecular complexity index is 1620. The van der Waals surface area contributed by atoms with E-state index in [1.165, 1.54) is 122 Å². The Morgan fingerprint density at radius 1 is 0.325 bits per heavy atom.